The second-order valence-electron chi connectivity index (χ2n) is 3.13. The number of hydrogen-bond acceptors (Lipinski definition) is 6. The van der Waals surface area contributed by atoms with E-state index in [-0.39, 0.29) is 37.5 Å². The van der Waals surface area contributed by atoms with Crippen LogP contribution < -0.4 is 0 Å². The number of hydrogen-bond donors (Lipinski definition) is 3. The maximum absolute atomic E-state index is 9.82. The van der Waals surface area contributed by atoms with E-state index in [1.54, 1.807) is 0 Å². The van der Waals surface area contributed by atoms with Crippen LogP contribution in [0.25, 0.3) is 0 Å². The van der Waals surface area contributed by atoms with E-state index in [9.17, 15) is 14.4 Å². The number of amides is 3. The van der Waals surface area contributed by atoms with Crippen LogP contribution in [0.1, 0.15) is 20.8 Å². The van der Waals surface area contributed by atoms with Crippen LogP contribution in [0, 0.1) is 0 Å². The Bertz CT molecular complexity index is 228. The molecule has 0 rings (SSSR count). The Morgan fingerprint density at radius 2 is 0.684 bits per heavy atom. The van der Waals surface area contributed by atoms with Crippen LogP contribution in [0.4, 0.5) is 0 Å². The molecular formula is C9H24GaN3O6. The van der Waals surface area contributed by atoms with Crippen molar-refractivity contribution < 1.29 is 30.0 Å². The first-order valence-corrected chi connectivity index (χ1v) is 4.72. The second kappa shape index (κ2) is 15.0. The number of carbonyl (C=O) groups is 3. The topological polar surface area (TPSA) is 122 Å². The first-order valence-electron chi connectivity index (χ1n) is 4.72. The molecule has 0 saturated carbocycles. The number of nitrogens with zero attached hydrogens (tertiary/aromatic N) is 3. The fourth-order valence-corrected chi connectivity index (χ4v) is 0. The summed E-state index contributed by atoms with van der Waals surface area (Å²) in [7, 11) is 3.84. The van der Waals surface area contributed by atoms with Crippen molar-refractivity contribution >= 4 is 37.5 Å². The van der Waals surface area contributed by atoms with Gasteiger partial charge >= 0.3 is 19.8 Å². The molecule has 0 heterocycles. The molecule has 114 valence electrons. The first kappa shape index (κ1) is 26.5. The molecule has 0 aromatic rings. The molecule has 0 aromatic heterocycles. The van der Waals surface area contributed by atoms with E-state index in [4.69, 9.17) is 15.6 Å². The van der Waals surface area contributed by atoms with Gasteiger partial charge < -0.3 is 0 Å². The normalized spacial score (nSPS) is 7.42. The van der Waals surface area contributed by atoms with Gasteiger partial charge in [-0.15, -0.1) is 0 Å². The van der Waals surface area contributed by atoms with Crippen molar-refractivity contribution in [3.05, 3.63) is 0 Å². The van der Waals surface area contributed by atoms with Crippen molar-refractivity contribution in [2.24, 2.45) is 0 Å². The Hall–Kier alpha value is -1.07. The Balaban J connectivity index is -0.0000000865. The Labute approximate surface area is 125 Å². The third-order valence-corrected chi connectivity index (χ3v) is 1.37. The third-order valence-electron chi connectivity index (χ3n) is 1.37. The fraction of sp³-hybridized carbons (Fsp3) is 0.667. The summed E-state index contributed by atoms with van der Waals surface area (Å²) in [5.41, 5.74) is 0. The van der Waals surface area contributed by atoms with E-state index in [1.807, 2.05) is 0 Å². The van der Waals surface area contributed by atoms with E-state index < -0.39 is 0 Å². The summed E-state index contributed by atoms with van der Waals surface area (Å²) in [6.07, 6.45) is 0. The molecule has 0 radical (unpaired) electrons. The predicted octanol–water partition coefficient (Wildman–Crippen LogP) is -1.62. The molecule has 9 nitrogen and oxygen atoms in total. The van der Waals surface area contributed by atoms with E-state index >= 15 is 0 Å². The van der Waals surface area contributed by atoms with Gasteiger partial charge in [0.1, 0.15) is 0 Å². The van der Waals surface area contributed by atoms with Crippen molar-refractivity contribution in [3.63, 3.8) is 0 Å². The van der Waals surface area contributed by atoms with Crippen LogP contribution in [-0.4, -0.2) is 89.5 Å². The second-order valence-corrected chi connectivity index (χ2v) is 3.13. The molecule has 0 saturated heterocycles. The van der Waals surface area contributed by atoms with E-state index in [2.05, 4.69) is 0 Å². The summed E-state index contributed by atoms with van der Waals surface area (Å²) in [4.78, 5) is 29.5. The summed E-state index contributed by atoms with van der Waals surface area (Å²) in [5, 5.41) is 25.9. The average Bonchev–Trinajstić information content (AvgIpc) is 2.18. The van der Waals surface area contributed by atoms with Gasteiger partial charge in [0, 0.05) is 41.9 Å². The zero-order valence-electron chi connectivity index (χ0n) is 11.4. The maximum atomic E-state index is 9.82. The van der Waals surface area contributed by atoms with Gasteiger partial charge in [0.2, 0.25) is 17.7 Å². The van der Waals surface area contributed by atoms with Crippen molar-refractivity contribution in [1.82, 2.24) is 15.2 Å². The standard InChI is InChI=1S/3C3H7NO2.Ga.3H/c3*1-3(5)4(2)6;;;;/h3*6H,1-2H3;;;;. The molecule has 3 N–H and O–H groups in total. The van der Waals surface area contributed by atoms with Crippen molar-refractivity contribution in [2.75, 3.05) is 21.1 Å². The molecule has 0 bridgehead atoms. The molecule has 3 amide bonds. The van der Waals surface area contributed by atoms with Gasteiger partial charge in [0.25, 0.3) is 0 Å². The summed E-state index contributed by atoms with van der Waals surface area (Å²) < 4.78 is 0. The van der Waals surface area contributed by atoms with Gasteiger partial charge in [0.05, 0.1) is 0 Å². The van der Waals surface area contributed by atoms with Gasteiger partial charge in [-0.1, -0.05) is 0 Å². The van der Waals surface area contributed by atoms with Gasteiger partial charge in [-0.2, -0.15) is 0 Å². The Morgan fingerprint density at radius 3 is 0.684 bits per heavy atom. The Kier molecular flexibility index (Phi) is 20.9. The van der Waals surface area contributed by atoms with Crippen LogP contribution in [0.2, 0.25) is 0 Å². The summed E-state index contributed by atoms with van der Waals surface area (Å²) in [6, 6.07) is 0. The van der Waals surface area contributed by atoms with E-state index in [0.717, 1.165) is 0 Å². The monoisotopic (exact) mass is 339 g/mol. The van der Waals surface area contributed by atoms with Crippen molar-refractivity contribution in [3.8, 4) is 0 Å². The van der Waals surface area contributed by atoms with Gasteiger partial charge in [0.15, 0.2) is 0 Å². The van der Waals surface area contributed by atoms with Crippen molar-refractivity contribution in [2.45, 2.75) is 20.8 Å². The molecule has 0 aliphatic rings. The zero-order valence-corrected chi connectivity index (χ0v) is 11.4. The van der Waals surface area contributed by atoms with Crippen LogP contribution >= 0.6 is 0 Å². The van der Waals surface area contributed by atoms with Crippen LogP contribution in [0.3, 0.4) is 0 Å². The van der Waals surface area contributed by atoms with Gasteiger partial charge in [-0.05, 0) is 0 Å². The molecule has 0 unspecified atom stereocenters. The number of rotatable bonds is 0. The number of hydroxylamine groups is 6. The summed E-state index contributed by atoms with van der Waals surface area (Å²) in [6.45, 7) is 3.83. The van der Waals surface area contributed by atoms with E-state index in [0.29, 0.717) is 15.2 Å². The third kappa shape index (κ3) is 31.6. The van der Waals surface area contributed by atoms with Crippen LogP contribution in [0.5, 0.6) is 0 Å². The summed E-state index contributed by atoms with van der Waals surface area (Å²) >= 11 is 0. The molecule has 0 aliphatic heterocycles. The molecular weight excluding hydrogens is 316 g/mol. The molecule has 0 spiro atoms. The van der Waals surface area contributed by atoms with Crippen molar-refractivity contribution in [1.29, 1.82) is 0 Å². The minimum atomic E-state index is -0.352. The summed E-state index contributed by atoms with van der Waals surface area (Å²) in [5.74, 6) is -1.06. The molecule has 0 fully saturated rings. The van der Waals surface area contributed by atoms with Gasteiger partial charge in [-0.25, -0.2) is 15.2 Å². The van der Waals surface area contributed by atoms with Crippen LogP contribution in [-0.2, 0) is 14.4 Å². The van der Waals surface area contributed by atoms with Crippen LogP contribution in [0.15, 0.2) is 0 Å². The molecule has 0 aromatic carbocycles. The first-order chi connectivity index (χ1) is 7.93. The van der Waals surface area contributed by atoms with Gasteiger partial charge in [-0.3, -0.25) is 30.0 Å². The van der Waals surface area contributed by atoms with E-state index in [1.165, 1.54) is 41.9 Å². The molecule has 0 atom stereocenters. The molecule has 0 aliphatic carbocycles. The SMILES string of the molecule is CC(=O)N(C)O.CC(=O)N(C)O.CC(=O)N(C)O.[GaH3]. The Morgan fingerprint density at radius 1 is 0.632 bits per heavy atom. The fourth-order valence-electron chi connectivity index (χ4n) is 0. The molecule has 19 heavy (non-hydrogen) atoms. The predicted molar refractivity (Wildman–Crippen MR) is 70.6 cm³/mol. The molecule has 10 heteroatoms. The average molecular weight is 340 g/mol. The quantitative estimate of drug-likeness (QED) is 0.277. The number of carbonyl (C=O) groups excluding carboxylic acids is 3. The zero-order chi connectivity index (χ0) is 15.5. The minimum absolute atomic E-state index is 0.